The van der Waals surface area contributed by atoms with E-state index in [1.165, 1.54) is 0 Å². The van der Waals surface area contributed by atoms with Crippen LogP contribution in [0.5, 0.6) is 0 Å². The quantitative estimate of drug-likeness (QED) is 0.598. The van der Waals surface area contributed by atoms with Crippen molar-refractivity contribution in [2.45, 2.75) is 59.0 Å². The first-order valence-electron chi connectivity index (χ1n) is 7.49. The van der Waals surface area contributed by atoms with Crippen LogP contribution in [0.3, 0.4) is 0 Å². The molecule has 0 aliphatic carbocycles. The monoisotopic (exact) mass is 310 g/mol. The van der Waals surface area contributed by atoms with Gasteiger partial charge in [0.05, 0.1) is 50.8 Å². The van der Waals surface area contributed by atoms with E-state index in [0.29, 0.717) is 26.4 Å². The minimum absolute atomic E-state index is 0.0293. The summed E-state index contributed by atoms with van der Waals surface area (Å²) in [7, 11) is 1.66. The van der Waals surface area contributed by atoms with Gasteiger partial charge >= 0.3 is 0 Å². The maximum absolute atomic E-state index is 8.72. The molecule has 6 heteroatoms. The first kappa shape index (κ1) is 23.0. The highest BCUT2D eigenvalue weighted by molar-refractivity contribution is 4.53. The predicted octanol–water partition coefficient (Wildman–Crippen LogP) is 1.23. The summed E-state index contributed by atoms with van der Waals surface area (Å²) in [5, 5.41) is 17.3. The Labute approximate surface area is 129 Å². The fraction of sp³-hybridized carbons (Fsp3) is 1.00. The summed E-state index contributed by atoms with van der Waals surface area (Å²) in [6.07, 6.45) is -0.310. The Morgan fingerprint density at radius 1 is 0.857 bits per heavy atom. The number of hydrogen-bond acceptors (Lipinski definition) is 6. The van der Waals surface area contributed by atoms with E-state index in [1.807, 2.05) is 27.7 Å². The zero-order chi connectivity index (χ0) is 16.7. The van der Waals surface area contributed by atoms with Gasteiger partial charge in [0.2, 0.25) is 0 Å². The Kier molecular flexibility index (Phi) is 17.7. The molecule has 0 aromatic rings. The average Bonchev–Trinajstić information content (AvgIpc) is 2.48. The lowest BCUT2D eigenvalue weighted by Gasteiger charge is -2.18. The van der Waals surface area contributed by atoms with Gasteiger partial charge in [-0.05, 0) is 34.6 Å². The normalized spacial score (nSPS) is 16.6. The van der Waals surface area contributed by atoms with Crippen molar-refractivity contribution in [2.24, 2.45) is 0 Å². The standard InChI is InChI=1S/C10H22O4.C5H12O2/c1-8(5-11)13-7-10(3)14-6-9(2)12-4;1-3-7-4-5(2)6/h8-11H,5-7H2,1-4H3;5-6H,3-4H2,1-2H3. The molecule has 21 heavy (non-hydrogen) atoms. The first-order chi connectivity index (χ1) is 9.87. The smallest absolute Gasteiger partial charge is 0.0781 e. The Hall–Kier alpha value is -0.240. The van der Waals surface area contributed by atoms with Crippen LogP contribution in [0.15, 0.2) is 0 Å². The highest BCUT2D eigenvalue weighted by Gasteiger charge is 2.07. The zero-order valence-corrected chi connectivity index (χ0v) is 14.4. The van der Waals surface area contributed by atoms with Crippen molar-refractivity contribution in [3.05, 3.63) is 0 Å². The fourth-order valence-corrected chi connectivity index (χ4v) is 1.06. The van der Waals surface area contributed by atoms with Crippen molar-refractivity contribution in [1.82, 2.24) is 0 Å². The Balaban J connectivity index is 0. The lowest BCUT2D eigenvalue weighted by atomic mass is 10.4. The maximum Gasteiger partial charge on any atom is 0.0781 e. The van der Waals surface area contributed by atoms with Crippen molar-refractivity contribution in [2.75, 3.05) is 40.1 Å². The average molecular weight is 310 g/mol. The van der Waals surface area contributed by atoms with E-state index in [-0.39, 0.29) is 31.0 Å². The molecule has 6 nitrogen and oxygen atoms in total. The van der Waals surface area contributed by atoms with Gasteiger partial charge in [-0.1, -0.05) is 0 Å². The summed E-state index contributed by atoms with van der Waals surface area (Å²) < 4.78 is 20.6. The number of hydrogen-bond donors (Lipinski definition) is 2. The summed E-state index contributed by atoms with van der Waals surface area (Å²) in [4.78, 5) is 0. The van der Waals surface area contributed by atoms with Gasteiger partial charge in [-0.15, -0.1) is 0 Å². The van der Waals surface area contributed by atoms with E-state index in [2.05, 4.69) is 0 Å². The number of aliphatic hydroxyl groups excluding tert-OH is 2. The van der Waals surface area contributed by atoms with E-state index < -0.39 is 0 Å². The number of ether oxygens (including phenoxy) is 4. The second kappa shape index (κ2) is 16.1. The van der Waals surface area contributed by atoms with Gasteiger partial charge in [0.25, 0.3) is 0 Å². The largest absolute Gasteiger partial charge is 0.394 e. The molecule has 0 bridgehead atoms. The van der Waals surface area contributed by atoms with Crippen LogP contribution >= 0.6 is 0 Å². The molecule has 4 atom stereocenters. The third-order valence-electron chi connectivity index (χ3n) is 2.45. The molecule has 130 valence electrons. The summed E-state index contributed by atoms with van der Waals surface area (Å²) >= 11 is 0. The van der Waals surface area contributed by atoms with Gasteiger partial charge in [0.1, 0.15) is 0 Å². The molecule has 2 N–H and O–H groups in total. The van der Waals surface area contributed by atoms with Crippen molar-refractivity contribution in [3.63, 3.8) is 0 Å². The molecule has 0 fully saturated rings. The molecular weight excluding hydrogens is 276 g/mol. The van der Waals surface area contributed by atoms with Gasteiger partial charge in [-0.3, -0.25) is 0 Å². The summed E-state index contributed by atoms with van der Waals surface area (Å²) in [6.45, 7) is 11.6. The highest BCUT2D eigenvalue weighted by atomic mass is 16.6. The van der Waals surface area contributed by atoms with E-state index in [4.69, 9.17) is 29.2 Å². The molecule has 0 aromatic heterocycles. The van der Waals surface area contributed by atoms with Gasteiger partial charge in [-0.2, -0.15) is 0 Å². The lowest BCUT2D eigenvalue weighted by molar-refractivity contribution is -0.0677. The van der Waals surface area contributed by atoms with Crippen molar-refractivity contribution < 1.29 is 29.2 Å². The van der Waals surface area contributed by atoms with E-state index in [0.717, 1.165) is 0 Å². The van der Waals surface area contributed by atoms with Crippen molar-refractivity contribution >= 4 is 0 Å². The SMILES string of the molecule is CCOCC(C)O.COC(C)COC(C)COC(C)CO. The van der Waals surface area contributed by atoms with Crippen molar-refractivity contribution in [3.8, 4) is 0 Å². The molecule has 0 aliphatic heterocycles. The summed E-state index contributed by atoms with van der Waals surface area (Å²) in [5.74, 6) is 0. The number of rotatable bonds is 11. The summed E-state index contributed by atoms with van der Waals surface area (Å²) in [6, 6.07) is 0. The Bertz CT molecular complexity index is 187. The topological polar surface area (TPSA) is 77.4 Å². The number of methoxy groups -OCH3 is 1. The van der Waals surface area contributed by atoms with Gasteiger partial charge in [0.15, 0.2) is 0 Å². The van der Waals surface area contributed by atoms with Crippen LogP contribution < -0.4 is 0 Å². The molecule has 0 rings (SSSR count). The third-order valence-corrected chi connectivity index (χ3v) is 2.45. The predicted molar refractivity (Wildman–Crippen MR) is 82.6 cm³/mol. The maximum atomic E-state index is 8.72. The minimum atomic E-state index is -0.319. The Morgan fingerprint density at radius 3 is 1.76 bits per heavy atom. The van der Waals surface area contributed by atoms with Crippen LogP contribution in [0, 0.1) is 0 Å². The second-order valence-electron chi connectivity index (χ2n) is 5.03. The highest BCUT2D eigenvalue weighted by Crippen LogP contribution is 1.98. The van der Waals surface area contributed by atoms with Gasteiger partial charge < -0.3 is 29.2 Å². The minimum Gasteiger partial charge on any atom is -0.394 e. The van der Waals surface area contributed by atoms with Crippen LogP contribution in [0.1, 0.15) is 34.6 Å². The van der Waals surface area contributed by atoms with Crippen molar-refractivity contribution in [1.29, 1.82) is 0 Å². The summed E-state index contributed by atoms with van der Waals surface area (Å²) in [5.41, 5.74) is 0. The third kappa shape index (κ3) is 19.8. The van der Waals surface area contributed by atoms with Gasteiger partial charge in [-0.25, -0.2) is 0 Å². The van der Waals surface area contributed by atoms with Crippen LogP contribution in [0.4, 0.5) is 0 Å². The molecule has 0 saturated carbocycles. The molecule has 4 unspecified atom stereocenters. The molecule has 0 aliphatic rings. The molecule has 0 heterocycles. The van der Waals surface area contributed by atoms with E-state index in [1.54, 1.807) is 14.0 Å². The van der Waals surface area contributed by atoms with Crippen LogP contribution in [-0.4, -0.2) is 74.8 Å². The zero-order valence-electron chi connectivity index (χ0n) is 14.4. The van der Waals surface area contributed by atoms with E-state index >= 15 is 0 Å². The molecule has 0 spiro atoms. The molecular formula is C15H34O6. The molecule has 0 amide bonds. The lowest BCUT2D eigenvalue weighted by Crippen LogP contribution is -2.25. The number of aliphatic hydroxyl groups is 2. The van der Waals surface area contributed by atoms with Crippen LogP contribution in [0.25, 0.3) is 0 Å². The van der Waals surface area contributed by atoms with E-state index in [9.17, 15) is 0 Å². The second-order valence-corrected chi connectivity index (χ2v) is 5.03. The first-order valence-corrected chi connectivity index (χ1v) is 7.49. The van der Waals surface area contributed by atoms with Crippen LogP contribution in [-0.2, 0) is 18.9 Å². The Morgan fingerprint density at radius 2 is 1.38 bits per heavy atom. The molecule has 0 aromatic carbocycles. The fourth-order valence-electron chi connectivity index (χ4n) is 1.06. The van der Waals surface area contributed by atoms with Crippen LogP contribution in [0.2, 0.25) is 0 Å². The molecule has 0 radical (unpaired) electrons. The molecule has 0 saturated heterocycles. The van der Waals surface area contributed by atoms with Gasteiger partial charge in [0, 0.05) is 13.7 Å².